The summed E-state index contributed by atoms with van der Waals surface area (Å²) in [6.07, 6.45) is 0. The summed E-state index contributed by atoms with van der Waals surface area (Å²) in [5.41, 5.74) is 3.70. The third kappa shape index (κ3) is 2.39. The number of carbonyl (C=O) groups is 1. The summed E-state index contributed by atoms with van der Waals surface area (Å²) in [7, 11) is 3.56. The Hall–Kier alpha value is -3.40. The van der Waals surface area contributed by atoms with Gasteiger partial charge >= 0.3 is 0 Å². The lowest BCUT2D eigenvalue weighted by Crippen LogP contribution is -2.33. The Balaban J connectivity index is 2.17. The average Bonchev–Trinajstić information content (AvgIpc) is 2.68. The average molecular weight is 343 g/mol. The van der Waals surface area contributed by atoms with E-state index in [0.29, 0.717) is 10.8 Å². The molecule has 0 unspecified atom stereocenters. The van der Waals surface area contributed by atoms with Gasteiger partial charge in [0.05, 0.1) is 23.9 Å². The molecule has 0 aliphatic rings. The standard InChI is InChI=1S/C22H17NO3/c1-23-18-8-4-3-6-17(18)21(22(24)25)20-16(7-5-9-19(20)23)14-10-12-15(26-2)13-11-14/h3-13H,1-2H3. The van der Waals surface area contributed by atoms with Crippen LogP contribution in [0.15, 0.2) is 66.7 Å². The van der Waals surface area contributed by atoms with Crippen molar-refractivity contribution in [2.24, 2.45) is 7.05 Å². The van der Waals surface area contributed by atoms with E-state index in [0.717, 1.165) is 27.9 Å². The van der Waals surface area contributed by atoms with E-state index in [1.165, 1.54) is 0 Å². The van der Waals surface area contributed by atoms with Crippen molar-refractivity contribution in [1.29, 1.82) is 0 Å². The van der Waals surface area contributed by atoms with Gasteiger partial charge in [-0.3, -0.25) is 0 Å². The van der Waals surface area contributed by atoms with Crippen LogP contribution in [-0.2, 0) is 7.05 Å². The Morgan fingerprint density at radius 2 is 1.62 bits per heavy atom. The van der Waals surface area contributed by atoms with E-state index >= 15 is 0 Å². The number of fused-ring (bicyclic) bond motifs is 2. The van der Waals surface area contributed by atoms with Crippen molar-refractivity contribution in [3.63, 3.8) is 0 Å². The fraction of sp³-hybridized carbons (Fsp3) is 0.0909. The van der Waals surface area contributed by atoms with Crippen molar-refractivity contribution in [3.05, 3.63) is 72.3 Å². The summed E-state index contributed by atoms with van der Waals surface area (Å²) in [5.74, 6) is -0.419. The van der Waals surface area contributed by atoms with Crippen molar-refractivity contribution in [1.82, 2.24) is 0 Å². The first-order valence-corrected chi connectivity index (χ1v) is 8.31. The number of aryl methyl sites for hydroxylation is 1. The summed E-state index contributed by atoms with van der Waals surface area (Å²) in [6, 6.07) is 20.9. The second-order valence-corrected chi connectivity index (χ2v) is 6.17. The predicted octanol–water partition coefficient (Wildman–Crippen LogP) is 2.86. The Bertz CT molecular complexity index is 1150. The lowest BCUT2D eigenvalue weighted by molar-refractivity contribution is -0.617. The molecule has 0 aliphatic carbocycles. The molecule has 1 aromatic heterocycles. The van der Waals surface area contributed by atoms with Gasteiger partial charge in [-0.05, 0) is 29.3 Å². The van der Waals surface area contributed by atoms with Crippen molar-refractivity contribution in [2.75, 3.05) is 7.11 Å². The maximum Gasteiger partial charge on any atom is 0.214 e. The van der Waals surface area contributed by atoms with Crippen molar-refractivity contribution in [3.8, 4) is 16.9 Å². The number of carboxylic acids is 1. The number of aromatic nitrogens is 1. The number of ether oxygens (including phenoxy) is 1. The molecule has 26 heavy (non-hydrogen) atoms. The van der Waals surface area contributed by atoms with Crippen LogP contribution in [0.3, 0.4) is 0 Å². The molecule has 128 valence electrons. The van der Waals surface area contributed by atoms with Gasteiger partial charge in [0.2, 0.25) is 11.0 Å². The molecule has 4 aromatic rings. The smallest absolute Gasteiger partial charge is 0.214 e. The topological polar surface area (TPSA) is 53.2 Å². The van der Waals surface area contributed by atoms with Crippen molar-refractivity contribution in [2.45, 2.75) is 0 Å². The Kier molecular flexibility index (Phi) is 3.81. The van der Waals surface area contributed by atoms with Gasteiger partial charge in [0.25, 0.3) is 0 Å². The van der Waals surface area contributed by atoms with Gasteiger partial charge in [-0.1, -0.05) is 36.4 Å². The second kappa shape index (κ2) is 6.15. The number of benzene rings is 3. The minimum absolute atomic E-state index is 0.222. The number of aromatic carboxylic acids is 1. The number of hydrogen-bond donors (Lipinski definition) is 0. The maximum atomic E-state index is 12.1. The molecule has 4 heteroatoms. The van der Waals surface area contributed by atoms with E-state index in [4.69, 9.17) is 4.74 Å². The Morgan fingerprint density at radius 3 is 2.31 bits per heavy atom. The number of rotatable bonds is 3. The molecule has 0 saturated heterocycles. The highest BCUT2D eigenvalue weighted by atomic mass is 16.5. The quantitative estimate of drug-likeness (QED) is 0.425. The van der Waals surface area contributed by atoms with Crippen LogP contribution in [0.25, 0.3) is 32.9 Å². The summed E-state index contributed by atoms with van der Waals surface area (Å²) >= 11 is 0. The third-order valence-electron chi connectivity index (χ3n) is 4.79. The van der Waals surface area contributed by atoms with Crippen LogP contribution < -0.4 is 14.4 Å². The highest BCUT2D eigenvalue weighted by Crippen LogP contribution is 2.33. The fourth-order valence-electron chi connectivity index (χ4n) is 3.55. The van der Waals surface area contributed by atoms with E-state index in [1.54, 1.807) is 7.11 Å². The van der Waals surface area contributed by atoms with Crippen LogP contribution in [0.4, 0.5) is 0 Å². The molecule has 0 fully saturated rings. The summed E-state index contributed by atoms with van der Waals surface area (Å²) in [6.45, 7) is 0. The molecule has 0 aliphatic heterocycles. The van der Waals surface area contributed by atoms with Gasteiger partial charge in [-0.2, -0.15) is 4.57 Å². The van der Waals surface area contributed by atoms with E-state index in [2.05, 4.69) is 0 Å². The van der Waals surface area contributed by atoms with Crippen LogP contribution in [0.2, 0.25) is 0 Å². The first-order chi connectivity index (χ1) is 12.6. The number of hydrogen-bond acceptors (Lipinski definition) is 3. The number of carboxylic acid groups (broad SMARTS) is 1. The number of carbonyl (C=O) groups excluding carboxylic acids is 1. The molecule has 4 nitrogen and oxygen atoms in total. The monoisotopic (exact) mass is 343 g/mol. The number of nitrogens with zero attached hydrogens (tertiary/aromatic N) is 1. The van der Waals surface area contributed by atoms with Crippen LogP contribution in [0.1, 0.15) is 10.4 Å². The zero-order valence-electron chi connectivity index (χ0n) is 14.5. The molecule has 3 aromatic carbocycles. The number of pyridine rings is 1. The molecular weight excluding hydrogens is 326 g/mol. The van der Waals surface area contributed by atoms with E-state index < -0.39 is 5.97 Å². The van der Waals surface area contributed by atoms with Gasteiger partial charge < -0.3 is 14.6 Å². The lowest BCUT2D eigenvalue weighted by atomic mass is 9.94. The molecule has 0 spiro atoms. The van der Waals surface area contributed by atoms with Gasteiger partial charge in [0.15, 0.2) is 0 Å². The molecule has 0 N–H and O–H groups in total. The van der Waals surface area contributed by atoms with Crippen LogP contribution in [0.5, 0.6) is 5.75 Å². The second-order valence-electron chi connectivity index (χ2n) is 6.17. The first kappa shape index (κ1) is 16.1. The van der Waals surface area contributed by atoms with E-state index in [1.807, 2.05) is 78.3 Å². The normalized spacial score (nSPS) is 11.0. The summed E-state index contributed by atoms with van der Waals surface area (Å²) in [4.78, 5) is 12.1. The highest BCUT2D eigenvalue weighted by molar-refractivity contribution is 6.15. The van der Waals surface area contributed by atoms with E-state index in [-0.39, 0.29) is 5.56 Å². The summed E-state index contributed by atoms with van der Waals surface area (Å²) < 4.78 is 7.24. The largest absolute Gasteiger partial charge is 0.545 e. The van der Waals surface area contributed by atoms with Gasteiger partial charge in [-0.15, -0.1) is 0 Å². The minimum Gasteiger partial charge on any atom is -0.545 e. The Morgan fingerprint density at radius 1 is 0.923 bits per heavy atom. The number of para-hydroxylation sites is 1. The van der Waals surface area contributed by atoms with E-state index in [9.17, 15) is 9.90 Å². The lowest BCUT2D eigenvalue weighted by Gasteiger charge is -2.14. The van der Waals surface area contributed by atoms with Crippen LogP contribution in [0, 0.1) is 0 Å². The highest BCUT2D eigenvalue weighted by Gasteiger charge is 2.21. The zero-order valence-corrected chi connectivity index (χ0v) is 14.5. The minimum atomic E-state index is -1.17. The zero-order chi connectivity index (χ0) is 18.3. The first-order valence-electron chi connectivity index (χ1n) is 8.31. The molecule has 0 amide bonds. The molecule has 4 rings (SSSR count). The van der Waals surface area contributed by atoms with Gasteiger partial charge in [-0.25, -0.2) is 0 Å². The van der Waals surface area contributed by atoms with Crippen molar-refractivity contribution >= 4 is 27.8 Å². The van der Waals surface area contributed by atoms with Crippen LogP contribution in [-0.4, -0.2) is 13.1 Å². The number of methoxy groups -OCH3 is 1. The molecule has 1 heterocycles. The maximum absolute atomic E-state index is 12.1. The molecular formula is C22H17NO3. The summed E-state index contributed by atoms with van der Waals surface area (Å²) in [5, 5.41) is 13.4. The van der Waals surface area contributed by atoms with Crippen LogP contribution >= 0.6 is 0 Å². The Labute approximate surface area is 150 Å². The predicted molar refractivity (Wildman–Crippen MR) is 98.9 cm³/mol. The van der Waals surface area contributed by atoms with Gasteiger partial charge in [0.1, 0.15) is 12.8 Å². The van der Waals surface area contributed by atoms with Crippen molar-refractivity contribution < 1.29 is 19.2 Å². The fourth-order valence-corrected chi connectivity index (χ4v) is 3.55. The third-order valence-corrected chi connectivity index (χ3v) is 4.79. The molecule has 0 radical (unpaired) electrons. The SMILES string of the molecule is COc1ccc(-c2cccc3c2c(C(=O)[O-])c2ccccc2[n+]3C)cc1. The molecule has 0 atom stereocenters. The van der Waals surface area contributed by atoms with Gasteiger partial charge in [0, 0.05) is 17.7 Å². The molecule has 0 saturated carbocycles. The molecule has 0 bridgehead atoms.